The van der Waals surface area contributed by atoms with E-state index in [1.54, 1.807) is 0 Å². The SMILES string of the molecule is C/C=C(\C)C(=O)NC1CCCCC1C. The van der Waals surface area contributed by atoms with Crippen molar-refractivity contribution in [2.24, 2.45) is 5.92 Å². The van der Waals surface area contributed by atoms with Gasteiger partial charge in [0.2, 0.25) is 5.91 Å². The van der Waals surface area contributed by atoms with E-state index < -0.39 is 0 Å². The van der Waals surface area contributed by atoms with E-state index in [2.05, 4.69) is 12.2 Å². The monoisotopic (exact) mass is 195 g/mol. The predicted molar refractivity (Wildman–Crippen MR) is 59.0 cm³/mol. The highest BCUT2D eigenvalue weighted by Crippen LogP contribution is 2.23. The lowest BCUT2D eigenvalue weighted by Crippen LogP contribution is -2.41. The van der Waals surface area contributed by atoms with Gasteiger partial charge in [0.15, 0.2) is 0 Å². The first-order chi connectivity index (χ1) is 6.65. The Hall–Kier alpha value is -0.790. The van der Waals surface area contributed by atoms with Gasteiger partial charge >= 0.3 is 0 Å². The van der Waals surface area contributed by atoms with Gasteiger partial charge < -0.3 is 5.32 Å². The molecule has 1 fully saturated rings. The second-order valence-corrected chi connectivity index (χ2v) is 4.31. The summed E-state index contributed by atoms with van der Waals surface area (Å²) in [5.41, 5.74) is 0.822. The summed E-state index contributed by atoms with van der Waals surface area (Å²) in [6.45, 7) is 6.00. The Kier molecular flexibility index (Phi) is 4.18. The van der Waals surface area contributed by atoms with Crippen LogP contribution in [0.5, 0.6) is 0 Å². The van der Waals surface area contributed by atoms with Gasteiger partial charge in [-0.2, -0.15) is 0 Å². The summed E-state index contributed by atoms with van der Waals surface area (Å²) < 4.78 is 0. The summed E-state index contributed by atoms with van der Waals surface area (Å²) in [4.78, 5) is 11.6. The summed E-state index contributed by atoms with van der Waals surface area (Å²) in [7, 11) is 0. The average Bonchev–Trinajstić information content (AvgIpc) is 2.20. The van der Waals surface area contributed by atoms with Crippen LogP contribution < -0.4 is 5.32 Å². The van der Waals surface area contributed by atoms with Crippen LogP contribution in [-0.2, 0) is 4.79 Å². The number of allylic oxidation sites excluding steroid dienone is 1. The van der Waals surface area contributed by atoms with Gasteiger partial charge in [-0.1, -0.05) is 25.8 Å². The van der Waals surface area contributed by atoms with Crippen LogP contribution in [0.2, 0.25) is 0 Å². The van der Waals surface area contributed by atoms with Crippen molar-refractivity contribution >= 4 is 5.91 Å². The van der Waals surface area contributed by atoms with Crippen molar-refractivity contribution in [1.29, 1.82) is 0 Å². The molecule has 0 aromatic rings. The molecule has 0 radical (unpaired) electrons. The molecule has 1 aliphatic carbocycles. The topological polar surface area (TPSA) is 29.1 Å². The molecule has 1 saturated carbocycles. The summed E-state index contributed by atoms with van der Waals surface area (Å²) in [6, 6.07) is 0.395. The van der Waals surface area contributed by atoms with Crippen molar-refractivity contribution in [1.82, 2.24) is 5.32 Å². The number of rotatable bonds is 2. The van der Waals surface area contributed by atoms with E-state index >= 15 is 0 Å². The largest absolute Gasteiger partial charge is 0.349 e. The highest BCUT2D eigenvalue weighted by atomic mass is 16.1. The Morgan fingerprint density at radius 3 is 2.57 bits per heavy atom. The third kappa shape index (κ3) is 2.86. The Bertz CT molecular complexity index is 232. The maximum absolute atomic E-state index is 11.6. The smallest absolute Gasteiger partial charge is 0.246 e. The lowest BCUT2D eigenvalue weighted by molar-refractivity contribution is -0.118. The van der Waals surface area contributed by atoms with Crippen LogP contribution in [0, 0.1) is 5.92 Å². The standard InChI is InChI=1S/C12H21NO/c1-4-9(2)12(14)13-11-8-6-5-7-10(11)3/h4,10-11H,5-8H2,1-3H3,(H,13,14)/b9-4+. The number of amides is 1. The van der Waals surface area contributed by atoms with Gasteiger partial charge in [0, 0.05) is 11.6 Å². The maximum atomic E-state index is 11.6. The summed E-state index contributed by atoms with van der Waals surface area (Å²) in [5, 5.41) is 3.11. The van der Waals surface area contributed by atoms with Crippen molar-refractivity contribution in [3.05, 3.63) is 11.6 Å². The fourth-order valence-corrected chi connectivity index (χ4v) is 1.94. The van der Waals surface area contributed by atoms with Crippen molar-refractivity contribution in [2.45, 2.75) is 52.5 Å². The molecule has 1 amide bonds. The van der Waals surface area contributed by atoms with Crippen molar-refractivity contribution in [3.8, 4) is 0 Å². The first kappa shape index (κ1) is 11.3. The molecule has 2 heteroatoms. The molecule has 1 rings (SSSR count). The molecule has 0 bridgehead atoms. The number of hydrogen-bond donors (Lipinski definition) is 1. The van der Waals surface area contributed by atoms with Crippen LogP contribution in [-0.4, -0.2) is 11.9 Å². The first-order valence-electron chi connectivity index (χ1n) is 5.59. The van der Waals surface area contributed by atoms with E-state index in [0.29, 0.717) is 12.0 Å². The van der Waals surface area contributed by atoms with Gasteiger partial charge in [-0.15, -0.1) is 0 Å². The first-order valence-corrected chi connectivity index (χ1v) is 5.59. The molecular weight excluding hydrogens is 174 g/mol. The lowest BCUT2D eigenvalue weighted by Gasteiger charge is -2.29. The van der Waals surface area contributed by atoms with Crippen LogP contribution in [0.1, 0.15) is 46.5 Å². The molecule has 2 unspecified atom stereocenters. The fraction of sp³-hybridized carbons (Fsp3) is 0.750. The van der Waals surface area contributed by atoms with Crippen LogP contribution in [0.15, 0.2) is 11.6 Å². The van der Waals surface area contributed by atoms with Crippen molar-refractivity contribution in [2.75, 3.05) is 0 Å². The minimum absolute atomic E-state index is 0.103. The molecule has 0 aromatic heterocycles. The second kappa shape index (κ2) is 5.18. The van der Waals surface area contributed by atoms with Crippen molar-refractivity contribution in [3.63, 3.8) is 0 Å². The summed E-state index contributed by atoms with van der Waals surface area (Å²) in [6.07, 6.45) is 6.83. The number of carbonyl (C=O) groups excluding carboxylic acids is 1. The molecular formula is C12H21NO. The molecule has 80 valence electrons. The molecule has 1 N–H and O–H groups in total. The van der Waals surface area contributed by atoms with E-state index in [9.17, 15) is 4.79 Å². The highest BCUT2D eigenvalue weighted by Gasteiger charge is 2.22. The van der Waals surface area contributed by atoms with Crippen molar-refractivity contribution < 1.29 is 4.79 Å². The number of carbonyl (C=O) groups is 1. The normalized spacial score (nSPS) is 28.6. The Balaban J connectivity index is 2.46. The molecule has 2 atom stereocenters. The quantitative estimate of drug-likeness (QED) is 0.674. The summed E-state index contributed by atoms with van der Waals surface area (Å²) in [5.74, 6) is 0.739. The molecule has 0 saturated heterocycles. The summed E-state index contributed by atoms with van der Waals surface area (Å²) >= 11 is 0. The number of nitrogens with one attached hydrogen (secondary N) is 1. The van der Waals surface area contributed by atoms with Gasteiger partial charge in [0.05, 0.1) is 0 Å². The Morgan fingerprint density at radius 1 is 1.36 bits per heavy atom. The Labute approximate surface area is 86.8 Å². The molecule has 2 nitrogen and oxygen atoms in total. The molecule has 1 aliphatic rings. The highest BCUT2D eigenvalue weighted by molar-refractivity contribution is 5.92. The van der Waals surface area contributed by atoms with Crippen LogP contribution in [0.3, 0.4) is 0 Å². The molecule has 0 spiro atoms. The maximum Gasteiger partial charge on any atom is 0.246 e. The fourth-order valence-electron chi connectivity index (χ4n) is 1.94. The zero-order valence-electron chi connectivity index (χ0n) is 9.47. The zero-order chi connectivity index (χ0) is 10.6. The average molecular weight is 195 g/mol. The van der Waals surface area contributed by atoms with E-state index in [4.69, 9.17) is 0 Å². The van der Waals surface area contributed by atoms with E-state index in [1.807, 2.05) is 19.9 Å². The minimum atomic E-state index is 0.103. The van der Waals surface area contributed by atoms with E-state index in [1.165, 1.54) is 19.3 Å². The molecule has 0 heterocycles. The van der Waals surface area contributed by atoms with E-state index in [0.717, 1.165) is 12.0 Å². The van der Waals surface area contributed by atoms with Gasteiger partial charge in [-0.3, -0.25) is 4.79 Å². The third-order valence-corrected chi connectivity index (χ3v) is 3.22. The Morgan fingerprint density at radius 2 is 2.00 bits per heavy atom. The van der Waals surface area contributed by atoms with Gasteiger partial charge in [0.1, 0.15) is 0 Å². The van der Waals surface area contributed by atoms with Gasteiger partial charge in [-0.25, -0.2) is 0 Å². The predicted octanol–water partition coefficient (Wildman–Crippen LogP) is 2.65. The van der Waals surface area contributed by atoms with Crippen LogP contribution >= 0.6 is 0 Å². The minimum Gasteiger partial charge on any atom is -0.349 e. The molecule has 0 aliphatic heterocycles. The number of hydrogen-bond acceptors (Lipinski definition) is 1. The third-order valence-electron chi connectivity index (χ3n) is 3.22. The van der Waals surface area contributed by atoms with Gasteiger partial charge in [-0.05, 0) is 32.6 Å². The zero-order valence-corrected chi connectivity index (χ0v) is 9.47. The van der Waals surface area contributed by atoms with Gasteiger partial charge in [0.25, 0.3) is 0 Å². The molecule has 0 aromatic carbocycles. The lowest BCUT2D eigenvalue weighted by atomic mass is 9.86. The van der Waals surface area contributed by atoms with Crippen LogP contribution in [0.4, 0.5) is 0 Å². The van der Waals surface area contributed by atoms with Crippen LogP contribution in [0.25, 0.3) is 0 Å². The molecule has 14 heavy (non-hydrogen) atoms. The van der Waals surface area contributed by atoms with E-state index in [-0.39, 0.29) is 5.91 Å². The second-order valence-electron chi connectivity index (χ2n) is 4.31.